The number of ether oxygens (including phenoxy) is 4. The number of fused-ring (bicyclic) bond motifs is 1. The Balaban J connectivity index is 1.26. The van der Waals surface area contributed by atoms with Gasteiger partial charge in [-0.25, -0.2) is 9.59 Å². The molecule has 1 aliphatic rings. The third kappa shape index (κ3) is 11.0. The number of anilines is 2. The summed E-state index contributed by atoms with van der Waals surface area (Å²) in [5.41, 5.74) is 2.17. The minimum absolute atomic E-state index is 0.0609. The third-order valence-electron chi connectivity index (χ3n) is 9.28. The van der Waals surface area contributed by atoms with Crippen LogP contribution in [0.2, 0.25) is 0 Å². The number of hydrogen-bond donors (Lipinski definition) is 3. The molecule has 0 spiro atoms. The SMILES string of the molecule is COC(=O)c1c(NC(=O)C(Sc2cccc(NC(=O)/C(=C\c3cccc(OC)c3OC)NC(=O)c3ccccc3)c2)c2ccccc2)sc2c1CCN(C(=O)OC(C)(C)C)C2. The van der Waals surface area contributed by atoms with Gasteiger partial charge in [-0.2, -0.15) is 0 Å². The zero-order valence-electron chi connectivity index (χ0n) is 34.5. The smallest absolute Gasteiger partial charge is 0.410 e. The Morgan fingerprint density at radius 3 is 2.21 bits per heavy atom. The van der Waals surface area contributed by atoms with Crippen molar-refractivity contribution in [1.82, 2.24) is 10.2 Å². The van der Waals surface area contributed by atoms with E-state index in [1.54, 1.807) is 92.4 Å². The Morgan fingerprint density at radius 2 is 1.54 bits per heavy atom. The molecule has 4 amide bonds. The largest absolute Gasteiger partial charge is 0.493 e. The van der Waals surface area contributed by atoms with Crippen molar-refractivity contribution in [3.8, 4) is 11.5 Å². The van der Waals surface area contributed by atoms with Gasteiger partial charge < -0.3 is 39.8 Å². The predicted octanol–water partition coefficient (Wildman–Crippen LogP) is 8.73. The number of carbonyl (C=O) groups excluding carboxylic acids is 5. The fraction of sp³-hybridized carbons (Fsp3) is 0.239. The minimum Gasteiger partial charge on any atom is -0.493 e. The Bertz CT molecular complexity index is 2450. The van der Waals surface area contributed by atoms with Crippen molar-refractivity contribution in [2.24, 2.45) is 0 Å². The summed E-state index contributed by atoms with van der Waals surface area (Å²) in [7, 11) is 4.27. The fourth-order valence-corrected chi connectivity index (χ4v) is 8.81. The number of methoxy groups -OCH3 is 3. The molecule has 3 N–H and O–H groups in total. The van der Waals surface area contributed by atoms with Crippen molar-refractivity contribution in [2.45, 2.75) is 49.5 Å². The van der Waals surface area contributed by atoms with Crippen LogP contribution in [-0.2, 0) is 32.0 Å². The number of para-hydroxylation sites is 1. The number of hydrogen-bond acceptors (Lipinski definition) is 11. The molecule has 0 bridgehead atoms. The lowest BCUT2D eigenvalue weighted by molar-refractivity contribution is -0.116. The maximum Gasteiger partial charge on any atom is 0.410 e. The molecule has 0 radical (unpaired) electrons. The normalized spacial score (nSPS) is 13.0. The third-order valence-corrected chi connectivity index (χ3v) is 11.7. The van der Waals surface area contributed by atoms with E-state index in [-0.39, 0.29) is 17.8 Å². The first-order valence-electron chi connectivity index (χ1n) is 19.2. The second-order valence-electron chi connectivity index (χ2n) is 14.7. The van der Waals surface area contributed by atoms with Crippen LogP contribution in [0.4, 0.5) is 15.5 Å². The number of nitrogens with zero attached hydrogens (tertiary/aromatic N) is 1. The van der Waals surface area contributed by atoms with Crippen LogP contribution in [0, 0.1) is 0 Å². The first-order valence-corrected chi connectivity index (χ1v) is 20.9. The van der Waals surface area contributed by atoms with Crippen molar-refractivity contribution in [3.05, 3.63) is 142 Å². The van der Waals surface area contributed by atoms with Crippen molar-refractivity contribution >= 4 is 69.6 Å². The fourth-order valence-electron chi connectivity index (χ4n) is 6.48. The Labute approximate surface area is 362 Å². The van der Waals surface area contributed by atoms with Crippen LogP contribution in [0.1, 0.15) is 68.3 Å². The van der Waals surface area contributed by atoms with Gasteiger partial charge >= 0.3 is 12.1 Å². The van der Waals surface area contributed by atoms with Crippen LogP contribution in [-0.4, -0.2) is 68.2 Å². The summed E-state index contributed by atoms with van der Waals surface area (Å²) < 4.78 is 21.8. The molecule has 0 fully saturated rings. The summed E-state index contributed by atoms with van der Waals surface area (Å²) in [4.78, 5) is 70.8. The molecule has 6 rings (SSSR count). The number of esters is 1. The molecule has 0 aliphatic carbocycles. The van der Waals surface area contributed by atoms with Gasteiger partial charge in [-0.3, -0.25) is 14.4 Å². The molecule has 13 nitrogen and oxygen atoms in total. The molecule has 0 saturated heterocycles. The van der Waals surface area contributed by atoms with E-state index in [2.05, 4.69) is 16.0 Å². The van der Waals surface area contributed by atoms with E-state index in [1.165, 1.54) is 50.5 Å². The summed E-state index contributed by atoms with van der Waals surface area (Å²) in [5.74, 6) is -1.29. The molecule has 0 saturated carbocycles. The average molecular weight is 863 g/mol. The minimum atomic E-state index is -0.809. The maximum absolute atomic E-state index is 14.4. The lowest BCUT2D eigenvalue weighted by atomic mass is 10.0. The Kier molecular flexibility index (Phi) is 14.2. The van der Waals surface area contributed by atoms with E-state index in [4.69, 9.17) is 18.9 Å². The van der Waals surface area contributed by atoms with Gasteiger partial charge in [0.15, 0.2) is 11.5 Å². The lowest BCUT2D eigenvalue weighted by Crippen LogP contribution is -2.39. The second-order valence-corrected chi connectivity index (χ2v) is 17.0. The first-order chi connectivity index (χ1) is 29.3. The van der Waals surface area contributed by atoms with Crippen LogP contribution in [0.5, 0.6) is 11.5 Å². The van der Waals surface area contributed by atoms with Gasteiger partial charge in [0, 0.05) is 33.1 Å². The van der Waals surface area contributed by atoms with Crippen LogP contribution in [0.3, 0.4) is 0 Å². The van der Waals surface area contributed by atoms with Crippen molar-refractivity contribution in [2.75, 3.05) is 38.5 Å². The zero-order chi connectivity index (χ0) is 43.7. The monoisotopic (exact) mass is 862 g/mol. The van der Waals surface area contributed by atoms with Gasteiger partial charge in [0.25, 0.3) is 11.8 Å². The molecule has 5 aromatic rings. The molecule has 1 atom stereocenters. The highest BCUT2D eigenvalue weighted by molar-refractivity contribution is 8.00. The van der Waals surface area contributed by atoms with Gasteiger partial charge in [-0.15, -0.1) is 23.1 Å². The predicted molar refractivity (Wildman–Crippen MR) is 236 cm³/mol. The van der Waals surface area contributed by atoms with Crippen LogP contribution in [0.25, 0.3) is 6.08 Å². The quantitative estimate of drug-likeness (QED) is 0.0593. The highest BCUT2D eigenvalue weighted by atomic mass is 32.2. The maximum atomic E-state index is 14.4. The molecule has 1 aliphatic heterocycles. The summed E-state index contributed by atoms with van der Waals surface area (Å²) in [6, 6.07) is 29.9. The summed E-state index contributed by atoms with van der Waals surface area (Å²) >= 11 is 2.47. The van der Waals surface area contributed by atoms with Gasteiger partial charge in [-0.05, 0) is 80.8 Å². The standard InChI is InChI=1S/C46H46N4O9S2/c1-46(2,3)59-45(55)50-24-23-33-36(27-50)61-43(37(33)44(54)58-6)49-42(53)39(28-15-9-7-10-16-28)60-32-21-14-20-31(26-32)47-41(52)34(48-40(51)29-17-11-8-12-18-29)25-30-19-13-22-35(56-4)38(30)57-5/h7-22,25-26,39H,23-24,27H2,1-6H3,(H,47,52)(H,48,51)(H,49,53)/b34-25+. The topological polar surface area (TPSA) is 162 Å². The van der Waals surface area contributed by atoms with Gasteiger partial charge in [0.2, 0.25) is 5.91 Å². The lowest BCUT2D eigenvalue weighted by Gasteiger charge is -2.30. The number of carbonyl (C=O) groups is 5. The number of rotatable bonds is 13. The number of thiophene rings is 1. The number of amides is 4. The summed E-state index contributed by atoms with van der Waals surface area (Å²) in [6.07, 6.45) is 1.42. The van der Waals surface area contributed by atoms with Crippen LogP contribution >= 0.6 is 23.1 Å². The van der Waals surface area contributed by atoms with Gasteiger partial charge in [0.05, 0.1) is 33.4 Å². The van der Waals surface area contributed by atoms with Crippen LogP contribution < -0.4 is 25.4 Å². The zero-order valence-corrected chi connectivity index (χ0v) is 36.2. The van der Waals surface area contributed by atoms with Crippen molar-refractivity contribution in [1.29, 1.82) is 0 Å². The van der Waals surface area contributed by atoms with Crippen LogP contribution in [0.15, 0.2) is 114 Å². The van der Waals surface area contributed by atoms with Crippen molar-refractivity contribution in [3.63, 3.8) is 0 Å². The van der Waals surface area contributed by atoms with Gasteiger partial charge in [-0.1, -0.05) is 66.7 Å². The molecule has 1 aromatic heterocycles. The molecule has 61 heavy (non-hydrogen) atoms. The summed E-state index contributed by atoms with van der Waals surface area (Å²) in [5, 5.41) is 8.15. The van der Waals surface area contributed by atoms with E-state index < -0.39 is 40.6 Å². The molecule has 1 unspecified atom stereocenters. The molecular formula is C46H46N4O9S2. The highest BCUT2D eigenvalue weighted by Crippen LogP contribution is 2.41. The molecule has 2 heterocycles. The van der Waals surface area contributed by atoms with E-state index in [0.717, 1.165) is 10.4 Å². The van der Waals surface area contributed by atoms with E-state index >= 15 is 0 Å². The Morgan fingerprint density at radius 1 is 0.836 bits per heavy atom. The second kappa shape index (κ2) is 19.7. The highest BCUT2D eigenvalue weighted by Gasteiger charge is 2.34. The number of nitrogens with one attached hydrogen (secondary N) is 3. The molecule has 4 aromatic carbocycles. The Hall–Kier alpha value is -6.58. The summed E-state index contributed by atoms with van der Waals surface area (Å²) in [6.45, 7) is 5.94. The van der Waals surface area contributed by atoms with Gasteiger partial charge in [0.1, 0.15) is 21.5 Å². The average Bonchev–Trinajstić information content (AvgIpc) is 3.61. The molecular weight excluding hydrogens is 817 g/mol. The van der Waals surface area contributed by atoms with Crippen molar-refractivity contribution < 1.29 is 42.9 Å². The molecule has 15 heteroatoms. The van der Waals surface area contributed by atoms with E-state index in [0.29, 0.717) is 56.7 Å². The first kappa shape index (κ1) is 44.0. The van der Waals surface area contributed by atoms with E-state index in [9.17, 15) is 24.0 Å². The van der Waals surface area contributed by atoms with E-state index in [1.807, 2.05) is 36.4 Å². The number of benzene rings is 4. The number of thioether (sulfide) groups is 1. The molecule has 316 valence electrons.